The largest absolute Gasteiger partial charge is 0.249 e. The highest BCUT2D eigenvalue weighted by molar-refractivity contribution is 7.11. The number of thiazole rings is 1. The highest BCUT2D eigenvalue weighted by Crippen LogP contribution is 2.18. The van der Waals surface area contributed by atoms with E-state index in [0.29, 0.717) is 6.54 Å². The maximum absolute atomic E-state index is 8.24. The number of aryl methyl sites for hydroxylation is 1. The summed E-state index contributed by atoms with van der Waals surface area (Å²) in [5.41, 5.74) is 10.7. The molecule has 0 saturated carbocycles. The second kappa shape index (κ2) is 5.48. The highest BCUT2D eigenvalue weighted by atomic mass is 32.1. The number of azide groups is 1. The van der Waals surface area contributed by atoms with E-state index >= 15 is 0 Å². The zero-order chi connectivity index (χ0) is 12.1. The molecule has 0 unspecified atom stereocenters. The van der Waals surface area contributed by atoms with Crippen LogP contribution < -0.4 is 0 Å². The minimum Gasteiger partial charge on any atom is -0.249 e. The molecule has 0 saturated heterocycles. The molecule has 0 spiro atoms. The van der Waals surface area contributed by atoms with Gasteiger partial charge >= 0.3 is 0 Å². The standard InChI is InChI=1S/C12H12N4S/c1-9-2-4-10(5-3-9)6-12-14-7-11(17-12)8-15-16-13/h2-5,7H,6,8H2,1H3. The van der Waals surface area contributed by atoms with Gasteiger partial charge in [-0.25, -0.2) is 4.98 Å². The second-order valence-corrected chi connectivity index (χ2v) is 4.97. The highest BCUT2D eigenvalue weighted by Gasteiger charge is 2.02. The lowest BCUT2D eigenvalue weighted by atomic mass is 10.1. The minimum absolute atomic E-state index is 0.391. The third-order valence-corrected chi connectivity index (χ3v) is 3.35. The van der Waals surface area contributed by atoms with Crippen molar-refractivity contribution in [3.05, 3.63) is 61.9 Å². The van der Waals surface area contributed by atoms with Crippen molar-refractivity contribution in [2.45, 2.75) is 19.9 Å². The molecule has 86 valence electrons. The first kappa shape index (κ1) is 11.6. The van der Waals surface area contributed by atoms with Crippen molar-refractivity contribution < 1.29 is 0 Å². The predicted octanol–water partition coefficient (Wildman–Crippen LogP) is 3.85. The minimum atomic E-state index is 0.391. The average molecular weight is 244 g/mol. The topological polar surface area (TPSA) is 61.7 Å². The van der Waals surface area contributed by atoms with Gasteiger partial charge in [0.2, 0.25) is 0 Å². The number of hydrogen-bond acceptors (Lipinski definition) is 3. The molecule has 5 heteroatoms. The Morgan fingerprint density at radius 1 is 1.35 bits per heavy atom. The van der Waals surface area contributed by atoms with E-state index in [9.17, 15) is 0 Å². The Bertz CT molecular complexity index is 538. The van der Waals surface area contributed by atoms with Crippen LogP contribution in [0.3, 0.4) is 0 Å². The number of hydrogen-bond donors (Lipinski definition) is 0. The molecule has 0 amide bonds. The first-order valence-corrected chi connectivity index (χ1v) is 6.09. The van der Waals surface area contributed by atoms with Crippen molar-refractivity contribution in [2.24, 2.45) is 5.11 Å². The van der Waals surface area contributed by atoms with Crippen molar-refractivity contribution in [1.29, 1.82) is 0 Å². The van der Waals surface area contributed by atoms with Crippen molar-refractivity contribution in [2.75, 3.05) is 0 Å². The van der Waals surface area contributed by atoms with Crippen LogP contribution in [0, 0.1) is 6.92 Å². The fourth-order valence-electron chi connectivity index (χ4n) is 1.48. The third kappa shape index (κ3) is 3.31. The summed E-state index contributed by atoms with van der Waals surface area (Å²) in [5.74, 6) is 0. The molecule has 2 rings (SSSR count). The van der Waals surface area contributed by atoms with E-state index in [-0.39, 0.29) is 0 Å². The van der Waals surface area contributed by atoms with Gasteiger partial charge in [0.05, 0.1) is 11.6 Å². The average Bonchev–Trinajstić information content (AvgIpc) is 2.77. The molecule has 0 bridgehead atoms. The summed E-state index contributed by atoms with van der Waals surface area (Å²) in [5, 5.41) is 4.58. The molecule has 0 aliphatic rings. The van der Waals surface area contributed by atoms with Crippen LogP contribution in [0.4, 0.5) is 0 Å². The van der Waals surface area contributed by atoms with Crippen molar-refractivity contribution >= 4 is 11.3 Å². The molecular formula is C12H12N4S. The Labute approximate surface area is 104 Å². The summed E-state index contributed by atoms with van der Waals surface area (Å²) >= 11 is 1.60. The molecular weight excluding hydrogens is 232 g/mol. The van der Waals surface area contributed by atoms with Gasteiger partial charge in [-0.05, 0) is 18.0 Å². The summed E-state index contributed by atoms with van der Waals surface area (Å²) in [6.45, 7) is 2.47. The van der Waals surface area contributed by atoms with Crippen molar-refractivity contribution in [3.63, 3.8) is 0 Å². The van der Waals surface area contributed by atoms with Gasteiger partial charge in [0.15, 0.2) is 0 Å². The van der Waals surface area contributed by atoms with Gasteiger partial charge in [0, 0.05) is 22.4 Å². The molecule has 1 aromatic heterocycles. The summed E-state index contributed by atoms with van der Waals surface area (Å²) in [6.07, 6.45) is 2.62. The molecule has 4 nitrogen and oxygen atoms in total. The van der Waals surface area contributed by atoms with Crippen molar-refractivity contribution in [1.82, 2.24) is 4.98 Å². The van der Waals surface area contributed by atoms with E-state index in [2.05, 4.69) is 46.2 Å². The summed E-state index contributed by atoms with van der Waals surface area (Å²) < 4.78 is 0. The molecule has 0 N–H and O–H groups in total. The van der Waals surface area contributed by atoms with Gasteiger partial charge in [0.1, 0.15) is 0 Å². The number of benzene rings is 1. The van der Waals surface area contributed by atoms with Crippen LogP contribution in [0.25, 0.3) is 10.4 Å². The molecule has 0 aliphatic carbocycles. The van der Waals surface area contributed by atoms with Gasteiger partial charge in [-0.3, -0.25) is 0 Å². The Hall–Kier alpha value is -1.84. The van der Waals surface area contributed by atoms with Gasteiger partial charge in [-0.1, -0.05) is 34.9 Å². The first-order valence-electron chi connectivity index (χ1n) is 5.28. The van der Waals surface area contributed by atoms with Crippen LogP contribution in [0.2, 0.25) is 0 Å². The molecule has 0 fully saturated rings. The van der Waals surface area contributed by atoms with Gasteiger partial charge in [-0.2, -0.15) is 0 Å². The third-order valence-electron chi connectivity index (χ3n) is 2.37. The fraction of sp³-hybridized carbons (Fsp3) is 0.250. The molecule has 1 heterocycles. The fourth-order valence-corrected chi connectivity index (χ4v) is 2.36. The number of nitrogens with zero attached hydrogens (tertiary/aromatic N) is 4. The van der Waals surface area contributed by atoms with E-state index in [1.54, 1.807) is 17.5 Å². The normalized spacial score (nSPS) is 9.94. The van der Waals surface area contributed by atoms with Crippen LogP contribution in [-0.2, 0) is 13.0 Å². The lowest BCUT2D eigenvalue weighted by Gasteiger charge is -1.98. The summed E-state index contributed by atoms with van der Waals surface area (Å²) in [4.78, 5) is 8.06. The van der Waals surface area contributed by atoms with E-state index in [1.807, 2.05) is 0 Å². The SMILES string of the molecule is Cc1ccc(Cc2ncc(CN=[N+]=[N-])s2)cc1. The maximum atomic E-state index is 8.24. The predicted molar refractivity (Wildman–Crippen MR) is 68.9 cm³/mol. The molecule has 0 radical (unpaired) electrons. The zero-order valence-corrected chi connectivity index (χ0v) is 10.3. The van der Waals surface area contributed by atoms with Crippen LogP contribution >= 0.6 is 11.3 Å². The smallest absolute Gasteiger partial charge is 0.0971 e. The summed E-state index contributed by atoms with van der Waals surface area (Å²) in [6, 6.07) is 8.43. The molecule has 0 aliphatic heterocycles. The first-order chi connectivity index (χ1) is 8.28. The maximum Gasteiger partial charge on any atom is 0.0971 e. The van der Waals surface area contributed by atoms with Crippen LogP contribution in [0.5, 0.6) is 0 Å². The molecule has 0 atom stereocenters. The second-order valence-electron chi connectivity index (χ2n) is 3.77. The number of rotatable bonds is 4. The zero-order valence-electron chi connectivity index (χ0n) is 9.50. The number of aromatic nitrogens is 1. The Morgan fingerprint density at radius 2 is 2.12 bits per heavy atom. The monoisotopic (exact) mass is 244 g/mol. The van der Waals surface area contributed by atoms with E-state index in [0.717, 1.165) is 16.3 Å². The Balaban J connectivity index is 2.05. The molecule has 1 aromatic carbocycles. The van der Waals surface area contributed by atoms with Crippen molar-refractivity contribution in [3.8, 4) is 0 Å². The molecule has 17 heavy (non-hydrogen) atoms. The lowest BCUT2D eigenvalue weighted by molar-refractivity contribution is 1.06. The Kier molecular flexibility index (Phi) is 3.75. The van der Waals surface area contributed by atoms with Gasteiger partial charge in [0.25, 0.3) is 0 Å². The van der Waals surface area contributed by atoms with E-state index < -0.39 is 0 Å². The van der Waals surface area contributed by atoms with Gasteiger partial charge in [-0.15, -0.1) is 11.3 Å². The van der Waals surface area contributed by atoms with Crippen LogP contribution in [-0.4, -0.2) is 4.98 Å². The van der Waals surface area contributed by atoms with Crippen LogP contribution in [0.15, 0.2) is 35.6 Å². The lowest BCUT2D eigenvalue weighted by Crippen LogP contribution is -1.86. The van der Waals surface area contributed by atoms with E-state index in [1.165, 1.54) is 11.1 Å². The van der Waals surface area contributed by atoms with Crippen LogP contribution in [0.1, 0.15) is 21.0 Å². The van der Waals surface area contributed by atoms with E-state index in [4.69, 9.17) is 5.53 Å². The summed E-state index contributed by atoms with van der Waals surface area (Å²) in [7, 11) is 0. The molecule has 2 aromatic rings. The van der Waals surface area contributed by atoms with Gasteiger partial charge < -0.3 is 0 Å². The Morgan fingerprint density at radius 3 is 2.82 bits per heavy atom. The quantitative estimate of drug-likeness (QED) is 0.457.